The van der Waals surface area contributed by atoms with Crippen LogP contribution in [0.4, 0.5) is 0 Å². The summed E-state index contributed by atoms with van der Waals surface area (Å²) in [5, 5.41) is 5.96. The molecule has 0 saturated heterocycles. The molecule has 0 bridgehead atoms. The van der Waals surface area contributed by atoms with Gasteiger partial charge in [-0.05, 0) is 24.9 Å². The number of nitrogens with one attached hydrogen (secondary N) is 2. The monoisotopic (exact) mass is 220 g/mol. The van der Waals surface area contributed by atoms with E-state index in [-0.39, 0.29) is 5.91 Å². The highest BCUT2D eigenvalue weighted by Crippen LogP contribution is 1.97. The van der Waals surface area contributed by atoms with E-state index in [9.17, 15) is 4.79 Å². The van der Waals surface area contributed by atoms with Gasteiger partial charge in [0.25, 0.3) is 0 Å². The molecule has 16 heavy (non-hydrogen) atoms. The molecule has 88 valence electrons. The van der Waals surface area contributed by atoms with E-state index in [0.717, 1.165) is 19.4 Å². The highest BCUT2D eigenvalue weighted by atomic mass is 16.1. The summed E-state index contributed by atoms with van der Waals surface area (Å²) in [5.41, 5.74) is 1.25. The van der Waals surface area contributed by atoms with E-state index in [1.54, 1.807) is 0 Å². The molecule has 2 N–H and O–H groups in total. The third-order valence-electron chi connectivity index (χ3n) is 2.29. The zero-order chi connectivity index (χ0) is 11.6. The van der Waals surface area contributed by atoms with Crippen LogP contribution < -0.4 is 10.6 Å². The molecule has 1 rings (SSSR count). The summed E-state index contributed by atoms with van der Waals surface area (Å²) in [4.78, 5) is 11.3. The molecule has 0 unspecified atom stereocenters. The average molecular weight is 220 g/mol. The molecule has 1 aromatic rings. The number of hydrogen-bond acceptors (Lipinski definition) is 2. The highest BCUT2D eigenvalue weighted by molar-refractivity contribution is 5.77. The summed E-state index contributed by atoms with van der Waals surface area (Å²) in [7, 11) is 0. The molecule has 0 heterocycles. The second kappa shape index (κ2) is 7.88. The summed E-state index contributed by atoms with van der Waals surface area (Å²) in [6, 6.07) is 10.2. The van der Waals surface area contributed by atoms with Gasteiger partial charge in [-0.15, -0.1) is 0 Å². The quantitative estimate of drug-likeness (QED) is 0.681. The average Bonchev–Trinajstić information content (AvgIpc) is 2.31. The Bertz CT molecular complexity index is 298. The molecule has 1 amide bonds. The predicted molar refractivity (Wildman–Crippen MR) is 66.3 cm³/mol. The van der Waals surface area contributed by atoms with E-state index in [2.05, 4.69) is 29.7 Å². The van der Waals surface area contributed by atoms with Crippen LogP contribution in [0, 0.1) is 0 Å². The lowest BCUT2D eigenvalue weighted by atomic mass is 10.1. The van der Waals surface area contributed by atoms with Crippen LogP contribution in [-0.4, -0.2) is 25.5 Å². The minimum Gasteiger partial charge on any atom is -0.355 e. The largest absolute Gasteiger partial charge is 0.355 e. The SMILES string of the molecule is CCCNCC(=O)NCCc1ccccc1. The first-order chi connectivity index (χ1) is 7.83. The zero-order valence-corrected chi connectivity index (χ0v) is 9.83. The maximum absolute atomic E-state index is 11.3. The van der Waals surface area contributed by atoms with Gasteiger partial charge in [-0.3, -0.25) is 4.79 Å². The number of carbonyl (C=O) groups excluding carboxylic acids is 1. The lowest BCUT2D eigenvalue weighted by Crippen LogP contribution is -2.35. The molecule has 0 aromatic heterocycles. The van der Waals surface area contributed by atoms with Gasteiger partial charge in [-0.25, -0.2) is 0 Å². The standard InChI is InChI=1S/C13H20N2O/c1-2-9-14-11-13(16)15-10-8-12-6-4-3-5-7-12/h3-7,14H,2,8-11H2,1H3,(H,15,16). The van der Waals surface area contributed by atoms with Gasteiger partial charge in [0.15, 0.2) is 0 Å². The van der Waals surface area contributed by atoms with Gasteiger partial charge in [0.05, 0.1) is 6.54 Å². The molecule has 0 atom stereocenters. The molecule has 0 aliphatic heterocycles. The Hall–Kier alpha value is -1.35. The number of rotatable bonds is 7. The molecule has 0 aliphatic carbocycles. The van der Waals surface area contributed by atoms with Gasteiger partial charge in [-0.2, -0.15) is 0 Å². The van der Waals surface area contributed by atoms with Crippen molar-refractivity contribution in [3.63, 3.8) is 0 Å². The number of carbonyl (C=O) groups is 1. The van der Waals surface area contributed by atoms with Crippen LogP contribution in [0.1, 0.15) is 18.9 Å². The Morgan fingerprint density at radius 3 is 2.62 bits per heavy atom. The van der Waals surface area contributed by atoms with E-state index in [4.69, 9.17) is 0 Å². The second-order valence-electron chi connectivity index (χ2n) is 3.76. The molecular formula is C13H20N2O. The third-order valence-corrected chi connectivity index (χ3v) is 2.29. The normalized spacial score (nSPS) is 10.1. The van der Waals surface area contributed by atoms with Gasteiger partial charge < -0.3 is 10.6 Å². The van der Waals surface area contributed by atoms with Crippen molar-refractivity contribution in [2.75, 3.05) is 19.6 Å². The summed E-state index contributed by atoms with van der Waals surface area (Å²) >= 11 is 0. The van der Waals surface area contributed by atoms with E-state index in [0.29, 0.717) is 13.1 Å². The Kier molecular flexibility index (Phi) is 6.26. The lowest BCUT2D eigenvalue weighted by Gasteiger charge is -2.05. The van der Waals surface area contributed by atoms with E-state index < -0.39 is 0 Å². The summed E-state index contributed by atoms with van der Waals surface area (Å²) in [6.45, 7) is 4.10. The van der Waals surface area contributed by atoms with Crippen LogP contribution in [0.3, 0.4) is 0 Å². The van der Waals surface area contributed by atoms with Gasteiger partial charge >= 0.3 is 0 Å². The molecule has 0 saturated carbocycles. The molecule has 0 radical (unpaired) electrons. The van der Waals surface area contributed by atoms with Crippen molar-refractivity contribution in [1.82, 2.24) is 10.6 Å². The molecule has 0 aliphatic rings. The predicted octanol–water partition coefficient (Wildman–Crippen LogP) is 1.34. The van der Waals surface area contributed by atoms with Crippen molar-refractivity contribution in [3.8, 4) is 0 Å². The van der Waals surface area contributed by atoms with Crippen LogP contribution in [0.15, 0.2) is 30.3 Å². The molecule has 3 heteroatoms. The maximum Gasteiger partial charge on any atom is 0.233 e. The van der Waals surface area contributed by atoms with E-state index >= 15 is 0 Å². The number of amides is 1. The third kappa shape index (κ3) is 5.51. The van der Waals surface area contributed by atoms with Crippen molar-refractivity contribution >= 4 is 5.91 Å². The second-order valence-corrected chi connectivity index (χ2v) is 3.76. The molecular weight excluding hydrogens is 200 g/mol. The van der Waals surface area contributed by atoms with Crippen molar-refractivity contribution < 1.29 is 4.79 Å². The van der Waals surface area contributed by atoms with Crippen molar-refractivity contribution in [2.45, 2.75) is 19.8 Å². The Morgan fingerprint density at radius 1 is 1.19 bits per heavy atom. The minimum absolute atomic E-state index is 0.0735. The van der Waals surface area contributed by atoms with Crippen molar-refractivity contribution in [1.29, 1.82) is 0 Å². The molecule has 0 fully saturated rings. The first-order valence-corrected chi connectivity index (χ1v) is 5.84. The fourth-order valence-electron chi connectivity index (χ4n) is 1.43. The van der Waals surface area contributed by atoms with Gasteiger partial charge in [-0.1, -0.05) is 37.3 Å². The van der Waals surface area contributed by atoms with E-state index in [1.807, 2.05) is 18.2 Å². The zero-order valence-electron chi connectivity index (χ0n) is 9.83. The smallest absolute Gasteiger partial charge is 0.233 e. The topological polar surface area (TPSA) is 41.1 Å². The molecule has 3 nitrogen and oxygen atoms in total. The number of hydrogen-bond donors (Lipinski definition) is 2. The summed E-state index contributed by atoms with van der Waals surface area (Å²) < 4.78 is 0. The van der Waals surface area contributed by atoms with Crippen molar-refractivity contribution in [3.05, 3.63) is 35.9 Å². The minimum atomic E-state index is 0.0735. The fourth-order valence-corrected chi connectivity index (χ4v) is 1.43. The lowest BCUT2D eigenvalue weighted by molar-refractivity contribution is -0.120. The van der Waals surface area contributed by atoms with Crippen LogP contribution in [0.25, 0.3) is 0 Å². The van der Waals surface area contributed by atoms with Crippen LogP contribution in [0.2, 0.25) is 0 Å². The number of benzene rings is 1. The van der Waals surface area contributed by atoms with Gasteiger partial charge in [0.1, 0.15) is 0 Å². The van der Waals surface area contributed by atoms with Crippen LogP contribution >= 0.6 is 0 Å². The fraction of sp³-hybridized carbons (Fsp3) is 0.462. The highest BCUT2D eigenvalue weighted by Gasteiger charge is 1.98. The summed E-state index contributed by atoms with van der Waals surface area (Å²) in [6.07, 6.45) is 1.94. The van der Waals surface area contributed by atoms with Crippen LogP contribution in [0.5, 0.6) is 0 Å². The van der Waals surface area contributed by atoms with E-state index in [1.165, 1.54) is 5.56 Å². The Morgan fingerprint density at radius 2 is 1.94 bits per heavy atom. The van der Waals surface area contributed by atoms with Gasteiger partial charge in [0.2, 0.25) is 5.91 Å². The summed E-state index contributed by atoms with van der Waals surface area (Å²) in [5.74, 6) is 0.0735. The first-order valence-electron chi connectivity index (χ1n) is 5.84. The van der Waals surface area contributed by atoms with Crippen LogP contribution in [-0.2, 0) is 11.2 Å². The first kappa shape index (κ1) is 12.7. The van der Waals surface area contributed by atoms with Gasteiger partial charge in [0, 0.05) is 6.54 Å². The molecule has 1 aromatic carbocycles. The Balaban J connectivity index is 2.09. The van der Waals surface area contributed by atoms with Crippen molar-refractivity contribution in [2.24, 2.45) is 0 Å². The molecule has 0 spiro atoms. The Labute approximate surface area is 97.2 Å². The maximum atomic E-state index is 11.3.